The lowest BCUT2D eigenvalue weighted by molar-refractivity contribution is -0.0515. The summed E-state index contributed by atoms with van der Waals surface area (Å²) in [4.78, 5) is 4.20. The van der Waals surface area contributed by atoms with E-state index in [9.17, 15) is 8.78 Å². The quantitative estimate of drug-likeness (QED) is 0.829. The summed E-state index contributed by atoms with van der Waals surface area (Å²) in [5.41, 5.74) is 6.72. The maximum absolute atomic E-state index is 12.5. The first-order valence-corrected chi connectivity index (χ1v) is 7.02. The molecule has 0 amide bonds. The van der Waals surface area contributed by atoms with Gasteiger partial charge in [-0.2, -0.15) is 8.78 Å². The zero-order chi connectivity index (χ0) is 15.5. The van der Waals surface area contributed by atoms with Crippen molar-refractivity contribution in [3.05, 3.63) is 30.2 Å². The van der Waals surface area contributed by atoms with E-state index in [0.29, 0.717) is 29.7 Å². The predicted octanol–water partition coefficient (Wildman–Crippen LogP) is 3.61. The third-order valence-electron chi connectivity index (χ3n) is 3.34. The number of ether oxygens (including phenoxy) is 2. The van der Waals surface area contributed by atoms with Gasteiger partial charge in [-0.15, -0.1) is 12.4 Å². The summed E-state index contributed by atoms with van der Waals surface area (Å²) < 4.78 is 40.3. The van der Waals surface area contributed by atoms with E-state index in [2.05, 4.69) is 9.72 Å². The first kappa shape index (κ1) is 17.5. The molecule has 1 saturated carbocycles. The smallest absolute Gasteiger partial charge is 0.387 e. The largest absolute Gasteiger partial charge is 0.489 e. The van der Waals surface area contributed by atoms with Gasteiger partial charge in [0.1, 0.15) is 6.26 Å². The lowest BCUT2D eigenvalue weighted by atomic mass is 10.2. The zero-order valence-corrected chi connectivity index (χ0v) is 13.0. The normalized spacial score (nSPS) is 13.7. The molecule has 5 nitrogen and oxygen atoms in total. The lowest BCUT2D eigenvalue weighted by Crippen LogP contribution is -2.06. The number of halogens is 3. The van der Waals surface area contributed by atoms with Crippen LogP contribution in [-0.2, 0) is 6.54 Å². The molecule has 23 heavy (non-hydrogen) atoms. The number of aromatic nitrogens is 1. The minimum atomic E-state index is -2.90. The first-order valence-electron chi connectivity index (χ1n) is 7.02. The Kier molecular flexibility index (Phi) is 5.79. The van der Waals surface area contributed by atoms with Gasteiger partial charge < -0.3 is 19.6 Å². The van der Waals surface area contributed by atoms with Crippen LogP contribution >= 0.6 is 12.4 Å². The molecule has 0 radical (unpaired) electrons. The number of oxazole rings is 1. The van der Waals surface area contributed by atoms with Crippen LogP contribution in [0.5, 0.6) is 11.5 Å². The van der Waals surface area contributed by atoms with Gasteiger partial charge in [-0.25, -0.2) is 4.98 Å². The highest BCUT2D eigenvalue weighted by molar-refractivity contribution is 5.85. The molecule has 1 aromatic heterocycles. The maximum atomic E-state index is 12.5. The molecule has 2 aromatic rings. The number of hydrogen-bond donors (Lipinski definition) is 1. The molecule has 126 valence electrons. The second-order valence-electron chi connectivity index (χ2n) is 5.14. The second kappa shape index (κ2) is 7.61. The van der Waals surface area contributed by atoms with Gasteiger partial charge in [-0.05, 0) is 37.0 Å². The average molecular weight is 347 g/mol. The molecular formula is C15H17ClF2N2O3. The molecule has 2 N–H and O–H groups in total. The zero-order valence-electron chi connectivity index (χ0n) is 12.2. The van der Waals surface area contributed by atoms with Crippen LogP contribution in [-0.4, -0.2) is 18.2 Å². The number of alkyl halides is 2. The third kappa shape index (κ3) is 4.56. The van der Waals surface area contributed by atoms with E-state index >= 15 is 0 Å². The Morgan fingerprint density at radius 1 is 1.30 bits per heavy atom. The molecule has 0 unspecified atom stereocenters. The van der Waals surface area contributed by atoms with E-state index in [0.717, 1.165) is 12.8 Å². The van der Waals surface area contributed by atoms with Crippen LogP contribution in [0.3, 0.4) is 0 Å². The second-order valence-corrected chi connectivity index (χ2v) is 5.14. The molecule has 8 heteroatoms. The average Bonchev–Trinajstić information content (AvgIpc) is 3.20. The lowest BCUT2D eigenvalue weighted by Gasteiger charge is -2.12. The fraction of sp³-hybridized carbons (Fsp3) is 0.400. The number of benzene rings is 1. The topological polar surface area (TPSA) is 70.5 Å². The highest BCUT2D eigenvalue weighted by Gasteiger charge is 2.23. The molecule has 0 saturated heterocycles. The first-order chi connectivity index (χ1) is 10.7. The molecule has 1 aromatic carbocycles. The van der Waals surface area contributed by atoms with Crippen LogP contribution in [0.1, 0.15) is 18.5 Å². The van der Waals surface area contributed by atoms with Gasteiger partial charge in [0.25, 0.3) is 0 Å². The molecular weight excluding hydrogens is 330 g/mol. The van der Waals surface area contributed by atoms with Crippen molar-refractivity contribution < 1.29 is 22.7 Å². The molecule has 1 fully saturated rings. The fourth-order valence-corrected chi connectivity index (χ4v) is 1.97. The van der Waals surface area contributed by atoms with E-state index in [4.69, 9.17) is 14.9 Å². The number of nitrogens with two attached hydrogens (primary N) is 1. The Morgan fingerprint density at radius 3 is 2.70 bits per heavy atom. The number of nitrogens with zero attached hydrogens (tertiary/aromatic N) is 1. The van der Waals surface area contributed by atoms with Crippen molar-refractivity contribution in [2.24, 2.45) is 11.7 Å². The van der Waals surface area contributed by atoms with E-state index in [1.165, 1.54) is 12.3 Å². The summed E-state index contributed by atoms with van der Waals surface area (Å²) in [6.45, 7) is -2.15. The molecule has 0 spiro atoms. The summed E-state index contributed by atoms with van der Waals surface area (Å²) in [7, 11) is 0. The van der Waals surface area contributed by atoms with Crippen LogP contribution in [0.15, 0.2) is 28.9 Å². The predicted molar refractivity (Wildman–Crippen MR) is 81.9 cm³/mol. The van der Waals surface area contributed by atoms with Gasteiger partial charge in [0.05, 0.1) is 12.3 Å². The summed E-state index contributed by atoms with van der Waals surface area (Å²) in [6, 6.07) is 4.61. The Balaban J connectivity index is 0.00000192. The van der Waals surface area contributed by atoms with Gasteiger partial charge in [0, 0.05) is 12.1 Å². The molecule has 1 heterocycles. The van der Waals surface area contributed by atoms with Crippen LogP contribution in [0.25, 0.3) is 11.5 Å². The summed E-state index contributed by atoms with van der Waals surface area (Å²) in [6.07, 6.45) is 3.66. The number of rotatable bonds is 7. The fourth-order valence-electron chi connectivity index (χ4n) is 1.97. The Bertz CT molecular complexity index is 647. The van der Waals surface area contributed by atoms with E-state index < -0.39 is 6.61 Å². The Labute approximate surface area is 138 Å². The van der Waals surface area contributed by atoms with Crippen molar-refractivity contribution >= 4 is 12.4 Å². The summed E-state index contributed by atoms with van der Waals surface area (Å²) >= 11 is 0. The standard InChI is InChI=1S/C15H16F2N2O3.ClH/c16-15(17)22-12-4-3-10(14-19-11(6-18)8-21-14)5-13(12)20-7-9-1-2-9;/h3-5,8-9,15H,1-2,6-7,18H2;1H. The van der Waals surface area contributed by atoms with Gasteiger partial charge >= 0.3 is 6.61 Å². The Hall–Kier alpha value is -1.86. The highest BCUT2D eigenvalue weighted by Crippen LogP contribution is 2.36. The summed E-state index contributed by atoms with van der Waals surface area (Å²) in [5, 5.41) is 0. The van der Waals surface area contributed by atoms with E-state index in [1.54, 1.807) is 12.1 Å². The molecule has 1 aliphatic rings. The van der Waals surface area contributed by atoms with Crippen LogP contribution < -0.4 is 15.2 Å². The van der Waals surface area contributed by atoms with Gasteiger partial charge in [-0.1, -0.05) is 0 Å². The Morgan fingerprint density at radius 2 is 2.09 bits per heavy atom. The monoisotopic (exact) mass is 346 g/mol. The van der Waals surface area contributed by atoms with Gasteiger partial charge in [-0.3, -0.25) is 0 Å². The molecule has 1 aliphatic carbocycles. The maximum Gasteiger partial charge on any atom is 0.387 e. The highest BCUT2D eigenvalue weighted by atomic mass is 35.5. The van der Waals surface area contributed by atoms with Crippen molar-refractivity contribution in [3.8, 4) is 23.0 Å². The van der Waals surface area contributed by atoms with Crippen molar-refractivity contribution in [2.75, 3.05) is 6.61 Å². The van der Waals surface area contributed by atoms with E-state index in [-0.39, 0.29) is 30.5 Å². The number of hydrogen-bond acceptors (Lipinski definition) is 5. The molecule has 0 aliphatic heterocycles. The van der Waals surface area contributed by atoms with Crippen LogP contribution in [0.4, 0.5) is 8.78 Å². The van der Waals surface area contributed by atoms with E-state index in [1.807, 2.05) is 0 Å². The van der Waals surface area contributed by atoms with Gasteiger partial charge in [0.15, 0.2) is 11.5 Å². The SMILES string of the molecule is Cl.NCc1coc(-c2ccc(OC(F)F)c(OCC3CC3)c2)n1. The van der Waals surface area contributed by atoms with Gasteiger partial charge in [0.2, 0.25) is 5.89 Å². The van der Waals surface area contributed by atoms with Crippen molar-refractivity contribution in [2.45, 2.75) is 26.0 Å². The van der Waals surface area contributed by atoms with Crippen molar-refractivity contribution in [3.63, 3.8) is 0 Å². The van der Waals surface area contributed by atoms with Crippen LogP contribution in [0, 0.1) is 5.92 Å². The van der Waals surface area contributed by atoms with Crippen LogP contribution in [0.2, 0.25) is 0 Å². The minimum absolute atomic E-state index is 0. The molecule has 3 rings (SSSR count). The third-order valence-corrected chi connectivity index (χ3v) is 3.34. The minimum Gasteiger partial charge on any atom is -0.489 e. The summed E-state index contributed by atoms with van der Waals surface area (Å²) in [5.74, 6) is 1.12. The molecule has 0 bridgehead atoms. The molecule has 0 atom stereocenters. The van der Waals surface area contributed by atoms with Crippen molar-refractivity contribution in [1.82, 2.24) is 4.98 Å². The van der Waals surface area contributed by atoms with Crippen molar-refractivity contribution in [1.29, 1.82) is 0 Å².